The molecule has 1 fully saturated rings. The molecule has 0 N–H and O–H groups in total. The molecule has 0 bridgehead atoms. The van der Waals surface area contributed by atoms with E-state index in [1.807, 2.05) is 0 Å². The van der Waals surface area contributed by atoms with Gasteiger partial charge < -0.3 is 4.90 Å². The van der Waals surface area contributed by atoms with Crippen molar-refractivity contribution < 1.29 is 9.72 Å². The fraction of sp³-hybridized carbons (Fsp3) is 0.462. The van der Waals surface area contributed by atoms with Crippen molar-refractivity contribution >= 4 is 17.7 Å². The first-order chi connectivity index (χ1) is 8.52. The Morgan fingerprint density at radius 1 is 1.44 bits per heavy atom. The lowest BCUT2D eigenvalue weighted by Gasteiger charge is -2.23. The van der Waals surface area contributed by atoms with Crippen molar-refractivity contribution in [3.05, 3.63) is 33.9 Å². The van der Waals surface area contributed by atoms with Gasteiger partial charge in [0.2, 0.25) is 0 Å². The third-order valence-electron chi connectivity index (χ3n) is 3.43. The molecule has 0 spiro atoms. The lowest BCUT2D eigenvalue weighted by molar-refractivity contribution is -0.384. The van der Waals surface area contributed by atoms with Crippen LogP contribution in [0.3, 0.4) is 0 Å². The first-order valence-electron chi connectivity index (χ1n) is 6.03. The summed E-state index contributed by atoms with van der Waals surface area (Å²) in [5.74, 6) is 0.533. The van der Waals surface area contributed by atoms with Crippen molar-refractivity contribution in [3.8, 4) is 0 Å². The average Bonchev–Trinajstić information content (AvgIpc) is 2.67. The number of benzene rings is 1. The van der Waals surface area contributed by atoms with Gasteiger partial charge in [-0.2, -0.15) is 0 Å². The fourth-order valence-corrected chi connectivity index (χ4v) is 2.64. The Morgan fingerprint density at radius 3 is 2.67 bits per heavy atom. The smallest absolute Gasteiger partial charge is 0.293 e. The Balaban J connectivity index is 2.44. The van der Waals surface area contributed by atoms with Gasteiger partial charge in [-0.15, -0.1) is 0 Å². The Hall–Kier alpha value is -1.91. The Kier molecular flexibility index (Phi) is 3.32. The number of hydrogen-bond acceptors (Lipinski definition) is 4. The molecule has 2 unspecified atom stereocenters. The number of carbonyl (C=O) groups excluding carboxylic acids is 1. The van der Waals surface area contributed by atoms with Crippen LogP contribution in [0, 0.1) is 16.0 Å². The minimum Gasteiger partial charge on any atom is -0.363 e. The second-order valence-electron chi connectivity index (χ2n) is 4.97. The van der Waals surface area contributed by atoms with Crippen LogP contribution in [0.1, 0.15) is 30.6 Å². The van der Waals surface area contributed by atoms with Gasteiger partial charge in [-0.25, -0.2) is 0 Å². The van der Waals surface area contributed by atoms with Crippen LogP contribution in [0.25, 0.3) is 0 Å². The molecule has 2 rings (SSSR count). The summed E-state index contributed by atoms with van der Waals surface area (Å²) >= 11 is 0. The number of aldehydes is 1. The zero-order chi connectivity index (χ0) is 13.3. The number of anilines is 1. The zero-order valence-electron chi connectivity index (χ0n) is 10.5. The van der Waals surface area contributed by atoms with E-state index < -0.39 is 4.92 Å². The monoisotopic (exact) mass is 248 g/mol. The zero-order valence-corrected chi connectivity index (χ0v) is 10.5. The van der Waals surface area contributed by atoms with Gasteiger partial charge >= 0.3 is 0 Å². The van der Waals surface area contributed by atoms with Gasteiger partial charge in [0.25, 0.3) is 5.69 Å². The minimum absolute atomic E-state index is 0.0144. The molecule has 1 heterocycles. The first-order valence-corrected chi connectivity index (χ1v) is 6.03. The summed E-state index contributed by atoms with van der Waals surface area (Å²) in [7, 11) is 0. The molecule has 1 aliphatic rings. The van der Waals surface area contributed by atoms with Crippen LogP contribution in [-0.4, -0.2) is 23.8 Å². The SMILES string of the molecule is CC1CC(C)N(c2ccc(C=O)cc2[N+](=O)[O-])C1. The van der Waals surface area contributed by atoms with E-state index in [0.717, 1.165) is 13.0 Å². The van der Waals surface area contributed by atoms with E-state index in [4.69, 9.17) is 0 Å². The van der Waals surface area contributed by atoms with Crippen molar-refractivity contribution in [2.75, 3.05) is 11.4 Å². The molecule has 2 atom stereocenters. The lowest BCUT2D eigenvalue weighted by atomic mass is 10.1. The number of hydrogen-bond donors (Lipinski definition) is 0. The molecule has 1 saturated heterocycles. The number of nitro groups is 1. The maximum atomic E-state index is 11.1. The van der Waals surface area contributed by atoms with E-state index in [9.17, 15) is 14.9 Å². The van der Waals surface area contributed by atoms with E-state index in [2.05, 4.69) is 18.7 Å². The van der Waals surface area contributed by atoms with Gasteiger partial charge in [-0.1, -0.05) is 6.92 Å². The molecule has 0 amide bonds. The third-order valence-corrected chi connectivity index (χ3v) is 3.43. The molecular weight excluding hydrogens is 232 g/mol. The fourth-order valence-electron chi connectivity index (χ4n) is 2.64. The highest BCUT2D eigenvalue weighted by molar-refractivity contribution is 5.79. The van der Waals surface area contributed by atoms with Crippen LogP contribution in [0.5, 0.6) is 0 Å². The van der Waals surface area contributed by atoms with E-state index in [-0.39, 0.29) is 5.69 Å². The molecule has 1 aliphatic heterocycles. The van der Waals surface area contributed by atoms with Crippen LogP contribution in [-0.2, 0) is 0 Å². The van der Waals surface area contributed by atoms with Crippen LogP contribution in [0.15, 0.2) is 18.2 Å². The standard InChI is InChI=1S/C13H16N2O3/c1-9-5-10(2)14(7-9)12-4-3-11(8-16)6-13(12)15(17)18/h3-4,6,8-10H,5,7H2,1-2H3. The van der Waals surface area contributed by atoms with Crippen LogP contribution >= 0.6 is 0 Å². The predicted molar refractivity (Wildman–Crippen MR) is 69.1 cm³/mol. The molecule has 1 aromatic carbocycles. The molecule has 5 heteroatoms. The summed E-state index contributed by atoms with van der Waals surface area (Å²) in [6, 6.07) is 4.94. The largest absolute Gasteiger partial charge is 0.363 e. The topological polar surface area (TPSA) is 63.5 Å². The molecule has 18 heavy (non-hydrogen) atoms. The maximum absolute atomic E-state index is 11.1. The van der Waals surface area contributed by atoms with Gasteiger partial charge in [0.1, 0.15) is 12.0 Å². The average molecular weight is 248 g/mol. The van der Waals surface area contributed by atoms with Crippen molar-refractivity contribution in [3.63, 3.8) is 0 Å². The summed E-state index contributed by atoms with van der Waals surface area (Å²) < 4.78 is 0. The maximum Gasteiger partial charge on any atom is 0.293 e. The lowest BCUT2D eigenvalue weighted by Crippen LogP contribution is -2.27. The van der Waals surface area contributed by atoms with Gasteiger partial charge in [-0.05, 0) is 31.4 Å². The summed E-state index contributed by atoms with van der Waals surface area (Å²) in [6.45, 7) is 5.03. The number of nitro benzene ring substituents is 1. The molecular formula is C13H16N2O3. The Labute approximate surface area is 106 Å². The normalized spacial score (nSPS) is 23.1. The van der Waals surface area contributed by atoms with E-state index in [1.54, 1.807) is 12.1 Å². The Bertz CT molecular complexity index is 487. The molecule has 96 valence electrons. The molecule has 0 aromatic heterocycles. The third kappa shape index (κ3) is 2.20. The Morgan fingerprint density at radius 2 is 2.17 bits per heavy atom. The molecule has 0 saturated carbocycles. The summed E-state index contributed by atoms with van der Waals surface area (Å²) in [6.07, 6.45) is 1.67. The number of rotatable bonds is 3. The van der Waals surface area contributed by atoms with Crippen LogP contribution in [0.4, 0.5) is 11.4 Å². The van der Waals surface area contributed by atoms with Gasteiger partial charge in [-0.3, -0.25) is 14.9 Å². The van der Waals surface area contributed by atoms with Gasteiger partial charge in [0, 0.05) is 24.2 Å². The van der Waals surface area contributed by atoms with E-state index >= 15 is 0 Å². The highest BCUT2D eigenvalue weighted by atomic mass is 16.6. The quantitative estimate of drug-likeness (QED) is 0.468. The second-order valence-corrected chi connectivity index (χ2v) is 4.97. The number of carbonyl (C=O) groups is 1. The summed E-state index contributed by atoms with van der Waals surface area (Å²) in [5.41, 5.74) is 0.966. The summed E-state index contributed by atoms with van der Waals surface area (Å²) in [5, 5.41) is 11.1. The molecule has 0 aliphatic carbocycles. The van der Waals surface area contributed by atoms with Crippen molar-refractivity contribution in [2.45, 2.75) is 26.3 Å². The van der Waals surface area contributed by atoms with E-state index in [0.29, 0.717) is 29.5 Å². The van der Waals surface area contributed by atoms with Crippen molar-refractivity contribution in [2.24, 2.45) is 5.92 Å². The molecule has 5 nitrogen and oxygen atoms in total. The first kappa shape index (κ1) is 12.5. The second kappa shape index (κ2) is 4.76. The summed E-state index contributed by atoms with van der Waals surface area (Å²) in [4.78, 5) is 23.4. The number of nitrogens with zero attached hydrogens (tertiary/aromatic N) is 2. The van der Waals surface area contributed by atoms with Crippen molar-refractivity contribution in [1.29, 1.82) is 0 Å². The minimum atomic E-state index is -0.419. The van der Waals surface area contributed by atoms with Crippen molar-refractivity contribution in [1.82, 2.24) is 0 Å². The van der Waals surface area contributed by atoms with Gasteiger partial charge in [0.15, 0.2) is 0 Å². The van der Waals surface area contributed by atoms with Gasteiger partial charge in [0.05, 0.1) is 4.92 Å². The molecule has 0 radical (unpaired) electrons. The van der Waals surface area contributed by atoms with Crippen LogP contribution in [0.2, 0.25) is 0 Å². The highest BCUT2D eigenvalue weighted by Crippen LogP contribution is 2.35. The van der Waals surface area contributed by atoms with Crippen LogP contribution < -0.4 is 4.90 Å². The predicted octanol–water partition coefficient (Wildman–Crippen LogP) is 2.64. The highest BCUT2D eigenvalue weighted by Gasteiger charge is 2.30. The van der Waals surface area contributed by atoms with E-state index in [1.165, 1.54) is 6.07 Å². The molecule has 1 aromatic rings.